The molecule has 3 heterocycles. The van der Waals surface area contributed by atoms with Gasteiger partial charge in [-0.1, -0.05) is 9.64 Å². The second-order valence-electron chi connectivity index (χ2n) is 4.70. The molecule has 10 heteroatoms. The molecule has 3 aromatic rings. The molecule has 3 aromatic heterocycles. The fourth-order valence-corrected chi connectivity index (χ4v) is 2.44. The van der Waals surface area contributed by atoms with Gasteiger partial charge >= 0.3 is 0 Å². The van der Waals surface area contributed by atoms with Gasteiger partial charge in [0, 0.05) is 17.8 Å². The second-order valence-corrected chi connectivity index (χ2v) is 5.45. The quantitative estimate of drug-likeness (QED) is 0.716. The highest BCUT2D eigenvalue weighted by atomic mass is 32.1. The molecule has 1 N–H and O–H groups in total. The highest BCUT2D eigenvalue weighted by Crippen LogP contribution is 2.17. The summed E-state index contributed by atoms with van der Waals surface area (Å²) >= 11 is 1.04. The van der Waals surface area contributed by atoms with Crippen LogP contribution in [0.1, 0.15) is 28.2 Å². The Kier molecular flexibility index (Phi) is 4.75. The van der Waals surface area contributed by atoms with Crippen molar-refractivity contribution in [3.63, 3.8) is 0 Å². The maximum absolute atomic E-state index is 12.0. The van der Waals surface area contributed by atoms with Crippen LogP contribution < -0.4 is 10.1 Å². The molecule has 0 aliphatic heterocycles. The van der Waals surface area contributed by atoms with Crippen molar-refractivity contribution < 1.29 is 14.1 Å². The van der Waals surface area contributed by atoms with E-state index in [1.54, 1.807) is 25.3 Å². The van der Waals surface area contributed by atoms with Crippen LogP contribution in [0.5, 0.6) is 5.88 Å². The predicted molar refractivity (Wildman–Crippen MR) is 84.5 cm³/mol. The summed E-state index contributed by atoms with van der Waals surface area (Å²) in [7, 11) is 0. The van der Waals surface area contributed by atoms with Crippen LogP contribution in [-0.2, 0) is 6.54 Å². The van der Waals surface area contributed by atoms with Crippen LogP contribution in [0.2, 0.25) is 0 Å². The van der Waals surface area contributed by atoms with Gasteiger partial charge in [-0.25, -0.2) is 4.98 Å². The van der Waals surface area contributed by atoms with Gasteiger partial charge in [0.15, 0.2) is 0 Å². The van der Waals surface area contributed by atoms with Crippen molar-refractivity contribution in [3.8, 4) is 17.3 Å². The van der Waals surface area contributed by atoms with E-state index in [4.69, 9.17) is 9.26 Å². The molecule has 0 saturated carbocycles. The average Bonchev–Trinajstić information content (AvgIpc) is 3.23. The van der Waals surface area contributed by atoms with E-state index in [-0.39, 0.29) is 12.5 Å². The summed E-state index contributed by atoms with van der Waals surface area (Å²) in [6.45, 7) is 4.28. The Balaban J connectivity index is 1.63. The molecule has 1 amide bonds. The van der Waals surface area contributed by atoms with E-state index in [1.165, 1.54) is 0 Å². The molecule has 0 fully saturated rings. The highest BCUT2D eigenvalue weighted by Gasteiger charge is 2.15. The van der Waals surface area contributed by atoms with Crippen LogP contribution in [0.4, 0.5) is 0 Å². The third kappa shape index (κ3) is 3.54. The molecule has 0 saturated heterocycles. The van der Waals surface area contributed by atoms with Crippen LogP contribution in [0, 0.1) is 6.92 Å². The van der Waals surface area contributed by atoms with Crippen LogP contribution in [0.3, 0.4) is 0 Å². The lowest BCUT2D eigenvalue weighted by atomic mass is 10.3. The zero-order chi connectivity index (χ0) is 16.9. The monoisotopic (exact) mass is 346 g/mol. The Bertz CT molecular complexity index is 829. The van der Waals surface area contributed by atoms with Crippen molar-refractivity contribution in [1.29, 1.82) is 0 Å². The van der Waals surface area contributed by atoms with Gasteiger partial charge < -0.3 is 14.6 Å². The molecule has 0 bridgehead atoms. The summed E-state index contributed by atoms with van der Waals surface area (Å²) < 4.78 is 14.1. The molecule has 0 aliphatic rings. The first kappa shape index (κ1) is 16.0. The topological polar surface area (TPSA) is 116 Å². The first-order chi connectivity index (χ1) is 11.7. The van der Waals surface area contributed by atoms with Crippen molar-refractivity contribution in [3.05, 3.63) is 34.8 Å². The third-order valence-electron chi connectivity index (χ3n) is 3.01. The number of hydrogen-bond donors (Lipinski definition) is 1. The first-order valence-corrected chi connectivity index (χ1v) is 7.93. The maximum atomic E-state index is 12.0. The summed E-state index contributed by atoms with van der Waals surface area (Å²) in [6.07, 6.45) is 1.60. The number of aromatic nitrogens is 5. The zero-order valence-corrected chi connectivity index (χ0v) is 13.8. The van der Waals surface area contributed by atoms with Gasteiger partial charge in [-0.15, -0.1) is 5.10 Å². The van der Waals surface area contributed by atoms with Crippen molar-refractivity contribution in [2.75, 3.05) is 6.61 Å². The van der Waals surface area contributed by atoms with Gasteiger partial charge in [0.1, 0.15) is 4.88 Å². The number of nitrogens with one attached hydrogen (secondary N) is 1. The van der Waals surface area contributed by atoms with Crippen molar-refractivity contribution >= 4 is 17.4 Å². The predicted octanol–water partition coefficient (Wildman–Crippen LogP) is 1.62. The van der Waals surface area contributed by atoms with E-state index in [0.717, 1.165) is 11.5 Å². The molecule has 3 rings (SSSR count). The van der Waals surface area contributed by atoms with Crippen molar-refractivity contribution in [2.24, 2.45) is 0 Å². The lowest BCUT2D eigenvalue weighted by Gasteiger charge is -2.01. The zero-order valence-electron chi connectivity index (χ0n) is 13.0. The normalized spacial score (nSPS) is 10.6. The minimum atomic E-state index is -0.273. The molecule has 0 unspecified atom stereocenters. The molecule has 0 aromatic carbocycles. The number of ether oxygens (including phenoxy) is 1. The molecule has 0 radical (unpaired) electrons. The van der Waals surface area contributed by atoms with Gasteiger partial charge in [0.2, 0.25) is 17.6 Å². The number of rotatable bonds is 6. The summed E-state index contributed by atoms with van der Waals surface area (Å²) in [5.41, 5.74) is 1.28. The Labute approximate surface area is 141 Å². The number of aryl methyl sites for hydroxylation is 1. The van der Waals surface area contributed by atoms with Gasteiger partial charge in [-0.3, -0.25) is 4.79 Å². The fourth-order valence-electron chi connectivity index (χ4n) is 1.87. The number of hydrogen-bond acceptors (Lipinski definition) is 9. The van der Waals surface area contributed by atoms with E-state index in [0.29, 0.717) is 40.3 Å². The van der Waals surface area contributed by atoms with Crippen LogP contribution in [0.15, 0.2) is 22.9 Å². The Morgan fingerprint density at radius 2 is 2.29 bits per heavy atom. The second kappa shape index (κ2) is 7.13. The average molecular weight is 346 g/mol. The van der Waals surface area contributed by atoms with Crippen molar-refractivity contribution in [1.82, 2.24) is 30.0 Å². The number of nitrogens with zero attached hydrogens (tertiary/aromatic N) is 5. The third-order valence-corrected chi connectivity index (χ3v) is 3.84. The fraction of sp³-hybridized carbons (Fsp3) is 0.286. The van der Waals surface area contributed by atoms with Crippen LogP contribution in [-0.4, -0.2) is 37.2 Å². The number of carbonyl (C=O) groups is 1. The van der Waals surface area contributed by atoms with E-state index >= 15 is 0 Å². The minimum absolute atomic E-state index is 0.119. The maximum Gasteiger partial charge on any atom is 0.265 e. The molecule has 0 atom stereocenters. The molecule has 24 heavy (non-hydrogen) atoms. The number of amides is 1. The molecule has 0 spiro atoms. The molecule has 124 valence electrons. The van der Waals surface area contributed by atoms with Gasteiger partial charge in [0.25, 0.3) is 5.91 Å². The summed E-state index contributed by atoms with van der Waals surface area (Å²) in [5.74, 6) is 0.948. The summed E-state index contributed by atoms with van der Waals surface area (Å²) in [4.78, 5) is 20.8. The Morgan fingerprint density at radius 3 is 2.96 bits per heavy atom. The van der Waals surface area contributed by atoms with Gasteiger partial charge in [-0.05, 0) is 31.4 Å². The molecule has 0 aliphatic carbocycles. The van der Waals surface area contributed by atoms with Crippen LogP contribution in [0.25, 0.3) is 11.4 Å². The standard InChI is InChI=1S/C14H14N6O3S/c1-3-22-10-5-4-9(6-15-10)13-17-11(23-19-13)7-16-14(21)12-8(2)18-20-24-12/h4-6H,3,7H2,1-2H3,(H,16,21). The van der Waals surface area contributed by atoms with E-state index in [2.05, 4.69) is 30.0 Å². The van der Waals surface area contributed by atoms with Gasteiger partial charge in [-0.2, -0.15) is 4.98 Å². The number of pyridine rings is 1. The summed E-state index contributed by atoms with van der Waals surface area (Å²) in [5, 5.41) is 10.4. The largest absolute Gasteiger partial charge is 0.478 e. The smallest absolute Gasteiger partial charge is 0.265 e. The first-order valence-electron chi connectivity index (χ1n) is 7.16. The van der Waals surface area contributed by atoms with E-state index in [1.807, 2.05) is 6.92 Å². The SMILES string of the molecule is CCOc1ccc(-c2noc(CNC(=O)c3snnc3C)n2)cn1. The van der Waals surface area contributed by atoms with Crippen LogP contribution >= 0.6 is 11.5 Å². The minimum Gasteiger partial charge on any atom is -0.478 e. The number of carbonyl (C=O) groups excluding carboxylic acids is 1. The Hall–Kier alpha value is -2.88. The lowest BCUT2D eigenvalue weighted by molar-refractivity contribution is 0.0949. The van der Waals surface area contributed by atoms with E-state index in [9.17, 15) is 4.79 Å². The molecular weight excluding hydrogens is 332 g/mol. The highest BCUT2D eigenvalue weighted by molar-refractivity contribution is 7.07. The van der Waals surface area contributed by atoms with Crippen molar-refractivity contribution in [2.45, 2.75) is 20.4 Å². The van der Waals surface area contributed by atoms with Gasteiger partial charge in [0.05, 0.1) is 18.8 Å². The summed E-state index contributed by atoms with van der Waals surface area (Å²) in [6, 6.07) is 3.52. The Morgan fingerprint density at radius 1 is 1.42 bits per heavy atom. The van der Waals surface area contributed by atoms with E-state index < -0.39 is 0 Å². The molecule has 9 nitrogen and oxygen atoms in total. The molecular formula is C14H14N6O3S. The lowest BCUT2D eigenvalue weighted by Crippen LogP contribution is -2.22.